The van der Waals surface area contributed by atoms with Gasteiger partial charge in [-0.15, -0.1) is 0 Å². The van der Waals surface area contributed by atoms with Gasteiger partial charge in [0.2, 0.25) is 5.91 Å². The Balaban J connectivity index is 1.70. The third kappa shape index (κ3) is 2.54. The molecule has 3 rings (SSSR count). The molecule has 1 aliphatic rings. The zero-order valence-electron chi connectivity index (χ0n) is 11.7. The molecule has 20 heavy (non-hydrogen) atoms. The molecule has 1 fully saturated rings. The van der Waals surface area contributed by atoms with Gasteiger partial charge < -0.3 is 14.0 Å². The maximum Gasteiger partial charge on any atom is 0.223 e. The summed E-state index contributed by atoms with van der Waals surface area (Å²) < 4.78 is 7.34. The Morgan fingerprint density at radius 3 is 2.95 bits per heavy atom. The molecule has 2 aromatic heterocycles. The fourth-order valence-electron chi connectivity index (χ4n) is 2.66. The summed E-state index contributed by atoms with van der Waals surface area (Å²) in [6, 6.07) is 5.95. The molecule has 0 spiro atoms. The molecule has 2 aromatic rings. The van der Waals surface area contributed by atoms with Crippen molar-refractivity contribution in [2.24, 2.45) is 0 Å². The summed E-state index contributed by atoms with van der Waals surface area (Å²) in [5, 5.41) is 0. The van der Waals surface area contributed by atoms with Crippen LogP contribution in [0.15, 0.2) is 24.4 Å². The van der Waals surface area contributed by atoms with E-state index >= 15 is 0 Å². The van der Waals surface area contributed by atoms with Gasteiger partial charge in [0.05, 0.1) is 18.9 Å². The molecule has 1 aliphatic heterocycles. The Morgan fingerprint density at radius 2 is 2.15 bits per heavy atom. The number of nitrogens with zero attached hydrogens (tertiary/aromatic N) is 3. The topological polar surface area (TPSA) is 46.8 Å². The van der Waals surface area contributed by atoms with E-state index in [0.717, 1.165) is 23.5 Å². The predicted octanol–water partition coefficient (Wildman–Crippen LogP) is 1.43. The van der Waals surface area contributed by atoms with Gasteiger partial charge in [0, 0.05) is 31.4 Å². The number of carbonyl (C=O) groups is 1. The monoisotopic (exact) mass is 273 g/mol. The van der Waals surface area contributed by atoms with Crippen molar-refractivity contribution in [3.05, 3.63) is 35.8 Å². The van der Waals surface area contributed by atoms with Crippen molar-refractivity contribution >= 4 is 11.6 Å². The molecule has 0 N–H and O–H groups in total. The lowest BCUT2D eigenvalue weighted by Gasteiger charge is -2.26. The highest BCUT2D eigenvalue weighted by atomic mass is 16.5. The molecule has 0 unspecified atom stereocenters. The summed E-state index contributed by atoms with van der Waals surface area (Å²) in [7, 11) is 0. The van der Waals surface area contributed by atoms with Crippen LogP contribution >= 0.6 is 0 Å². The Hall–Kier alpha value is -1.88. The van der Waals surface area contributed by atoms with Gasteiger partial charge in [-0.3, -0.25) is 4.79 Å². The maximum atomic E-state index is 12.2. The zero-order valence-corrected chi connectivity index (χ0v) is 11.7. The van der Waals surface area contributed by atoms with Crippen molar-refractivity contribution in [3.63, 3.8) is 0 Å². The van der Waals surface area contributed by atoms with Gasteiger partial charge in [0.15, 0.2) is 0 Å². The van der Waals surface area contributed by atoms with Gasteiger partial charge in [-0.2, -0.15) is 0 Å². The number of rotatable bonds is 3. The van der Waals surface area contributed by atoms with E-state index < -0.39 is 0 Å². The molecule has 1 amide bonds. The third-order valence-corrected chi connectivity index (χ3v) is 3.77. The fourth-order valence-corrected chi connectivity index (χ4v) is 2.66. The van der Waals surface area contributed by atoms with Crippen molar-refractivity contribution in [2.45, 2.75) is 19.8 Å². The van der Waals surface area contributed by atoms with E-state index in [4.69, 9.17) is 4.74 Å². The fraction of sp³-hybridized carbons (Fsp3) is 0.467. The first-order valence-electron chi connectivity index (χ1n) is 7.04. The van der Waals surface area contributed by atoms with Crippen molar-refractivity contribution in [2.75, 3.05) is 26.3 Å². The van der Waals surface area contributed by atoms with Gasteiger partial charge >= 0.3 is 0 Å². The van der Waals surface area contributed by atoms with Crippen LogP contribution in [0.3, 0.4) is 0 Å². The molecular weight excluding hydrogens is 254 g/mol. The Labute approximate surface area is 118 Å². The molecule has 106 valence electrons. The number of carbonyl (C=O) groups excluding carboxylic acids is 1. The highest BCUT2D eigenvalue weighted by molar-refractivity contribution is 5.76. The number of fused-ring (bicyclic) bond motifs is 1. The second kappa shape index (κ2) is 5.63. The second-order valence-electron chi connectivity index (χ2n) is 5.07. The Bertz CT molecular complexity index is 615. The first-order valence-corrected chi connectivity index (χ1v) is 7.04. The SMILES string of the molecule is Cc1nc2ccccn2c1CCC(=O)N1CCOCC1. The summed E-state index contributed by atoms with van der Waals surface area (Å²) in [5.41, 5.74) is 3.08. The largest absolute Gasteiger partial charge is 0.378 e. The third-order valence-electron chi connectivity index (χ3n) is 3.77. The number of morpholine rings is 1. The number of imidazole rings is 1. The minimum absolute atomic E-state index is 0.207. The van der Waals surface area contributed by atoms with Crippen LogP contribution in [0.2, 0.25) is 0 Å². The lowest BCUT2D eigenvalue weighted by Crippen LogP contribution is -2.40. The summed E-state index contributed by atoms with van der Waals surface area (Å²) in [4.78, 5) is 18.6. The highest BCUT2D eigenvalue weighted by Gasteiger charge is 2.17. The molecule has 0 aliphatic carbocycles. The second-order valence-corrected chi connectivity index (χ2v) is 5.07. The molecule has 0 atom stereocenters. The van der Waals surface area contributed by atoms with E-state index in [1.807, 2.05) is 36.2 Å². The van der Waals surface area contributed by atoms with E-state index in [9.17, 15) is 4.79 Å². The quantitative estimate of drug-likeness (QED) is 0.850. The summed E-state index contributed by atoms with van der Waals surface area (Å²) in [6.45, 7) is 4.73. The summed E-state index contributed by atoms with van der Waals surface area (Å²) in [5.74, 6) is 0.207. The molecule has 0 bridgehead atoms. The van der Waals surface area contributed by atoms with E-state index in [-0.39, 0.29) is 5.91 Å². The number of aryl methyl sites for hydroxylation is 2. The standard InChI is InChI=1S/C15H19N3O2/c1-12-13(18-7-3-2-4-14(18)16-12)5-6-15(19)17-8-10-20-11-9-17/h2-4,7H,5-6,8-11H2,1H3. The van der Waals surface area contributed by atoms with Crippen LogP contribution in [0.1, 0.15) is 17.8 Å². The first-order chi connectivity index (χ1) is 9.75. The number of hydrogen-bond acceptors (Lipinski definition) is 3. The van der Waals surface area contributed by atoms with Crippen LogP contribution in [-0.4, -0.2) is 46.5 Å². The number of aromatic nitrogens is 2. The van der Waals surface area contributed by atoms with Crippen molar-refractivity contribution < 1.29 is 9.53 Å². The zero-order chi connectivity index (χ0) is 13.9. The van der Waals surface area contributed by atoms with E-state index in [2.05, 4.69) is 9.38 Å². The van der Waals surface area contributed by atoms with Crippen molar-refractivity contribution in [3.8, 4) is 0 Å². The Kier molecular flexibility index (Phi) is 3.69. The van der Waals surface area contributed by atoms with Crippen LogP contribution < -0.4 is 0 Å². The maximum absolute atomic E-state index is 12.2. The number of amides is 1. The molecule has 1 saturated heterocycles. The molecule has 5 heteroatoms. The van der Waals surface area contributed by atoms with Crippen molar-refractivity contribution in [1.82, 2.24) is 14.3 Å². The van der Waals surface area contributed by atoms with Crippen LogP contribution in [0.4, 0.5) is 0 Å². The number of pyridine rings is 1. The van der Waals surface area contributed by atoms with E-state index in [0.29, 0.717) is 32.7 Å². The van der Waals surface area contributed by atoms with E-state index in [1.165, 1.54) is 0 Å². The molecule has 0 aromatic carbocycles. The van der Waals surface area contributed by atoms with Crippen LogP contribution in [0, 0.1) is 6.92 Å². The number of ether oxygens (including phenoxy) is 1. The van der Waals surface area contributed by atoms with E-state index in [1.54, 1.807) is 0 Å². The van der Waals surface area contributed by atoms with Crippen molar-refractivity contribution in [1.29, 1.82) is 0 Å². The van der Waals surface area contributed by atoms with Gasteiger partial charge in [-0.1, -0.05) is 6.07 Å². The average Bonchev–Trinajstić information content (AvgIpc) is 2.81. The molecule has 5 nitrogen and oxygen atoms in total. The van der Waals surface area contributed by atoms with Gasteiger partial charge in [0.1, 0.15) is 5.65 Å². The van der Waals surface area contributed by atoms with Gasteiger partial charge in [-0.25, -0.2) is 4.98 Å². The Morgan fingerprint density at radius 1 is 1.35 bits per heavy atom. The van der Waals surface area contributed by atoms with Crippen LogP contribution in [-0.2, 0) is 16.0 Å². The highest BCUT2D eigenvalue weighted by Crippen LogP contribution is 2.14. The molecular formula is C15H19N3O2. The lowest BCUT2D eigenvalue weighted by molar-refractivity contribution is -0.135. The minimum atomic E-state index is 0.207. The average molecular weight is 273 g/mol. The predicted molar refractivity (Wildman–Crippen MR) is 75.6 cm³/mol. The molecule has 3 heterocycles. The number of hydrogen-bond donors (Lipinski definition) is 0. The lowest BCUT2D eigenvalue weighted by atomic mass is 10.2. The van der Waals surface area contributed by atoms with Crippen LogP contribution in [0.5, 0.6) is 0 Å². The summed E-state index contributed by atoms with van der Waals surface area (Å²) in [6.07, 6.45) is 3.26. The van der Waals surface area contributed by atoms with Crippen LogP contribution in [0.25, 0.3) is 5.65 Å². The smallest absolute Gasteiger partial charge is 0.223 e. The molecule has 0 saturated carbocycles. The molecule has 0 radical (unpaired) electrons. The van der Waals surface area contributed by atoms with Gasteiger partial charge in [0.25, 0.3) is 0 Å². The van der Waals surface area contributed by atoms with Gasteiger partial charge in [-0.05, 0) is 25.5 Å². The first kappa shape index (κ1) is 13.1. The minimum Gasteiger partial charge on any atom is -0.378 e. The summed E-state index contributed by atoms with van der Waals surface area (Å²) >= 11 is 0. The normalized spacial score (nSPS) is 15.8.